The van der Waals surface area contributed by atoms with Crippen molar-refractivity contribution >= 4 is 21.8 Å². The Labute approximate surface area is 258 Å². The highest BCUT2D eigenvalue weighted by Gasteiger charge is 2.17. The van der Waals surface area contributed by atoms with Gasteiger partial charge in [-0.3, -0.25) is 4.57 Å². The Kier molecular flexibility index (Phi) is 7.01. The first kappa shape index (κ1) is 27.7. The second-order valence-electron chi connectivity index (χ2n) is 11.5. The van der Waals surface area contributed by atoms with Gasteiger partial charge in [0, 0.05) is 40.9 Å². The molecule has 0 aliphatic rings. The van der Waals surface area contributed by atoms with E-state index in [9.17, 15) is 0 Å². The Morgan fingerprint density at radius 3 is 2.39 bits per heavy atom. The highest BCUT2D eigenvalue weighted by atomic mass is 16.5. The molecule has 0 atom stereocenters. The minimum atomic E-state index is 0.755. The summed E-state index contributed by atoms with van der Waals surface area (Å²) in [7, 11) is 0. The molecule has 7 rings (SSSR count). The van der Waals surface area contributed by atoms with Crippen LogP contribution in [0.4, 0.5) is 0 Å². The fraction of sp³-hybridized carbons (Fsp3) is 0.179. The normalized spacial score (nSPS) is 11.5. The van der Waals surface area contributed by atoms with Gasteiger partial charge in [-0.05, 0) is 109 Å². The molecule has 44 heavy (non-hydrogen) atoms. The quantitative estimate of drug-likeness (QED) is 0.190. The number of benzene rings is 4. The lowest BCUT2D eigenvalue weighted by Gasteiger charge is -2.17. The molecule has 0 radical (unpaired) electrons. The zero-order valence-electron chi connectivity index (χ0n) is 25.9. The average molecular weight is 577 g/mol. The summed E-state index contributed by atoms with van der Waals surface area (Å²) in [5, 5.41) is 7.14. The molecular formula is C39H36N4O. The van der Waals surface area contributed by atoms with Crippen LogP contribution < -0.4 is 4.74 Å². The van der Waals surface area contributed by atoms with Gasteiger partial charge in [-0.15, -0.1) is 0 Å². The van der Waals surface area contributed by atoms with E-state index >= 15 is 0 Å². The molecule has 0 aliphatic carbocycles. The van der Waals surface area contributed by atoms with Gasteiger partial charge in [-0.2, -0.15) is 5.10 Å². The van der Waals surface area contributed by atoms with Crippen molar-refractivity contribution in [3.05, 3.63) is 131 Å². The maximum absolute atomic E-state index is 6.48. The lowest BCUT2D eigenvalue weighted by Crippen LogP contribution is -2.00. The van der Waals surface area contributed by atoms with Gasteiger partial charge in [0.05, 0.1) is 22.9 Å². The fourth-order valence-corrected chi connectivity index (χ4v) is 6.46. The summed E-state index contributed by atoms with van der Waals surface area (Å²) < 4.78 is 10.6. The number of aromatic nitrogens is 4. The number of fused-ring (bicyclic) bond motifs is 3. The molecule has 4 aromatic carbocycles. The number of para-hydroxylation sites is 1. The average Bonchev–Trinajstić information content (AvgIpc) is 3.65. The third-order valence-electron chi connectivity index (χ3n) is 8.76. The maximum Gasteiger partial charge on any atom is 0.137 e. The largest absolute Gasteiger partial charge is 0.457 e. The van der Waals surface area contributed by atoms with E-state index < -0.39 is 0 Å². The maximum atomic E-state index is 6.48. The number of aryl methyl sites for hydroxylation is 3. The molecule has 3 aromatic heterocycles. The molecule has 0 N–H and O–H groups in total. The van der Waals surface area contributed by atoms with Gasteiger partial charge in [-0.25, -0.2) is 9.67 Å². The predicted octanol–water partition coefficient (Wildman–Crippen LogP) is 9.87. The van der Waals surface area contributed by atoms with Crippen LogP contribution in [0.25, 0.3) is 44.4 Å². The molecule has 0 fully saturated rings. The Morgan fingerprint density at radius 1 is 0.750 bits per heavy atom. The van der Waals surface area contributed by atoms with Crippen LogP contribution in [0.5, 0.6) is 11.5 Å². The molecule has 218 valence electrons. The van der Waals surface area contributed by atoms with Crippen LogP contribution in [-0.2, 0) is 12.8 Å². The van der Waals surface area contributed by atoms with Crippen LogP contribution in [-0.4, -0.2) is 19.3 Å². The van der Waals surface area contributed by atoms with Crippen LogP contribution in [0, 0.1) is 20.8 Å². The lowest BCUT2D eigenvalue weighted by atomic mass is 9.87. The Balaban J connectivity index is 1.25. The summed E-state index contributed by atoms with van der Waals surface area (Å²) in [6, 6.07) is 29.3. The number of ether oxygens (including phenoxy) is 1. The molecule has 0 bridgehead atoms. The zero-order valence-corrected chi connectivity index (χ0v) is 25.9. The third kappa shape index (κ3) is 4.75. The second-order valence-corrected chi connectivity index (χ2v) is 11.5. The highest BCUT2D eigenvalue weighted by molar-refractivity contribution is 6.09. The van der Waals surface area contributed by atoms with Crippen LogP contribution in [0.15, 0.2) is 104 Å². The highest BCUT2D eigenvalue weighted by Crippen LogP contribution is 2.36. The number of nitrogens with zero attached hydrogens (tertiary/aromatic N) is 4. The molecule has 0 saturated heterocycles. The van der Waals surface area contributed by atoms with Gasteiger partial charge >= 0.3 is 0 Å². The minimum Gasteiger partial charge on any atom is -0.457 e. The van der Waals surface area contributed by atoms with Gasteiger partial charge in [0.2, 0.25) is 0 Å². The predicted molar refractivity (Wildman–Crippen MR) is 181 cm³/mol. The van der Waals surface area contributed by atoms with Crippen molar-refractivity contribution in [1.82, 2.24) is 19.3 Å². The van der Waals surface area contributed by atoms with E-state index in [0.717, 1.165) is 52.4 Å². The minimum absolute atomic E-state index is 0.755. The number of pyridine rings is 1. The van der Waals surface area contributed by atoms with Crippen LogP contribution >= 0.6 is 0 Å². The van der Waals surface area contributed by atoms with Crippen molar-refractivity contribution in [2.75, 3.05) is 0 Å². The Hall–Kier alpha value is -5.16. The molecule has 0 unspecified atom stereocenters. The SMILES string of the molecule is CCc1cc(C)c(C)c(CC)c1-c1cnn(-c2cccc(Oc3ccc4c5ccccc5n(-c5cc(C)ccn5)c4c3)c2)c1. The van der Waals surface area contributed by atoms with Crippen LogP contribution in [0.3, 0.4) is 0 Å². The molecule has 0 amide bonds. The summed E-state index contributed by atoms with van der Waals surface area (Å²) in [5.74, 6) is 2.42. The molecule has 3 heterocycles. The van der Waals surface area contributed by atoms with Crippen molar-refractivity contribution in [2.45, 2.75) is 47.5 Å². The third-order valence-corrected chi connectivity index (χ3v) is 8.76. The molecule has 0 saturated carbocycles. The van der Waals surface area contributed by atoms with E-state index in [1.165, 1.54) is 44.2 Å². The molecule has 5 heteroatoms. The summed E-state index contributed by atoms with van der Waals surface area (Å²) in [4.78, 5) is 4.71. The summed E-state index contributed by atoms with van der Waals surface area (Å²) in [6.07, 6.45) is 7.97. The number of rotatable bonds is 7. The second kappa shape index (κ2) is 11.2. The van der Waals surface area contributed by atoms with Crippen LogP contribution in [0.1, 0.15) is 41.7 Å². The van der Waals surface area contributed by atoms with Gasteiger partial charge < -0.3 is 4.74 Å². The summed E-state index contributed by atoms with van der Waals surface area (Å²) in [5.41, 5.74) is 12.3. The standard InChI is InChI=1S/C39H36N4O/c1-6-28-20-26(4)27(5)33(7-2)39(28)29-23-41-42(24-29)30-11-10-12-31(21-30)44-32-15-16-35-34-13-8-9-14-36(34)43(37(35)22-32)38-19-25(3)17-18-40-38/h8-24H,6-7H2,1-5H3. The number of hydrogen-bond donors (Lipinski definition) is 0. The fourth-order valence-electron chi connectivity index (χ4n) is 6.46. The molecule has 5 nitrogen and oxygen atoms in total. The van der Waals surface area contributed by atoms with Crippen molar-refractivity contribution in [2.24, 2.45) is 0 Å². The van der Waals surface area contributed by atoms with Gasteiger partial charge in [0.1, 0.15) is 17.3 Å². The molecule has 0 spiro atoms. The van der Waals surface area contributed by atoms with Gasteiger partial charge in [-0.1, -0.05) is 44.2 Å². The van der Waals surface area contributed by atoms with Gasteiger partial charge in [0.15, 0.2) is 0 Å². The van der Waals surface area contributed by atoms with Crippen molar-refractivity contribution in [3.8, 4) is 34.1 Å². The van der Waals surface area contributed by atoms with Crippen LogP contribution in [0.2, 0.25) is 0 Å². The monoisotopic (exact) mass is 576 g/mol. The molecule has 0 aliphatic heterocycles. The Bertz CT molecular complexity index is 2170. The molecular weight excluding hydrogens is 540 g/mol. The first-order valence-corrected chi connectivity index (χ1v) is 15.4. The summed E-state index contributed by atoms with van der Waals surface area (Å²) in [6.45, 7) is 11.0. The zero-order chi connectivity index (χ0) is 30.4. The van der Waals surface area contributed by atoms with E-state index in [1.54, 1.807) is 0 Å². The van der Waals surface area contributed by atoms with E-state index in [2.05, 4.69) is 100.0 Å². The lowest BCUT2D eigenvalue weighted by molar-refractivity contribution is 0.483. The molecule has 7 aromatic rings. The van der Waals surface area contributed by atoms with E-state index in [1.807, 2.05) is 47.4 Å². The van der Waals surface area contributed by atoms with Crippen molar-refractivity contribution < 1.29 is 4.74 Å². The van der Waals surface area contributed by atoms with E-state index in [-0.39, 0.29) is 0 Å². The van der Waals surface area contributed by atoms with Gasteiger partial charge in [0.25, 0.3) is 0 Å². The topological polar surface area (TPSA) is 44.9 Å². The number of hydrogen-bond acceptors (Lipinski definition) is 3. The Morgan fingerprint density at radius 2 is 1.57 bits per heavy atom. The van der Waals surface area contributed by atoms with Crippen molar-refractivity contribution in [3.63, 3.8) is 0 Å². The summed E-state index contributed by atoms with van der Waals surface area (Å²) >= 11 is 0. The van der Waals surface area contributed by atoms with Crippen molar-refractivity contribution in [1.29, 1.82) is 0 Å². The first-order chi connectivity index (χ1) is 21.4. The van der Waals surface area contributed by atoms with E-state index in [4.69, 9.17) is 14.8 Å². The van der Waals surface area contributed by atoms with E-state index in [0.29, 0.717) is 0 Å². The smallest absolute Gasteiger partial charge is 0.137 e. The first-order valence-electron chi connectivity index (χ1n) is 15.4.